The first-order valence-electron chi connectivity index (χ1n) is 7.42. The van der Waals surface area contributed by atoms with Crippen molar-refractivity contribution >= 4 is 0 Å². The highest BCUT2D eigenvalue weighted by Crippen LogP contribution is 2.29. The monoisotopic (exact) mass is 287 g/mol. The number of halogens is 2. The van der Waals surface area contributed by atoms with Crippen LogP contribution in [0.15, 0.2) is 48.5 Å². The second-order valence-corrected chi connectivity index (χ2v) is 5.57. The lowest BCUT2D eigenvalue weighted by Gasteiger charge is -2.26. The van der Waals surface area contributed by atoms with Crippen molar-refractivity contribution in [1.82, 2.24) is 5.32 Å². The zero-order valence-electron chi connectivity index (χ0n) is 11.9. The second-order valence-electron chi connectivity index (χ2n) is 5.57. The van der Waals surface area contributed by atoms with Crippen LogP contribution >= 0.6 is 0 Å². The molecular weight excluding hydrogens is 268 g/mol. The van der Waals surface area contributed by atoms with Gasteiger partial charge in [-0.05, 0) is 36.0 Å². The molecule has 3 heteroatoms. The Hall–Kier alpha value is -1.74. The van der Waals surface area contributed by atoms with Crippen molar-refractivity contribution in [2.45, 2.75) is 38.3 Å². The molecule has 21 heavy (non-hydrogen) atoms. The van der Waals surface area contributed by atoms with Crippen molar-refractivity contribution in [1.29, 1.82) is 0 Å². The summed E-state index contributed by atoms with van der Waals surface area (Å²) >= 11 is 0. The number of hydrogen-bond donors (Lipinski definition) is 1. The molecule has 0 amide bonds. The van der Waals surface area contributed by atoms with E-state index < -0.39 is 6.43 Å². The number of alkyl halides is 2. The Morgan fingerprint density at radius 3 is 2.57 bits per heavy atom. The highest BCUT2D eigenvalue weighted by atomic mass is 19.3. The minimum Gasteiger partial charge on any atom is -0.306 e. The lowest BCUT2D eigenvalue weighted by molar-refractivity contribution is 0.151. The van der Waals surface area contributed by atoms with E-state index in [9.17, 15) is 8.78 Å². The van der Waals surface area contributed by atoms with Gasteiger partial charge < -0.3 is 5.32 Å². The summed E-state index contributed by atoms with van der Waals surface area (Å²) in [6, 6.07) is 15.5. The van der Waals surface area contributed by atoms with Crippen LogP contribution in [0.25, 0.3) is 0 Å². The van der Waals surface area contributed by atoms with Crippen LogP contribution in [0.2, 0.25) is 0 Å². The molecule has 1 aliphatic rings. The first-order chi connectivity index (χ1) is 10.2. The molecule has 0 saturated heterocycles. The molecule has 1 nitrogen and oxygen atoms in total. The Bertz CT molecular complexity index is 592. The molecule has 110 valence electrons. The third-order valence-electron chi connectivity index (χ3n) is 4.15. The van der Waals surface area contributed by atoms with Crippen LogP contribution < -0.4 is 5.32 Å². The molecular formula is C18H19F2N. The van der Waals surface area contributed by atoms with Crippen molar-refractivity contribution in [2.24, 2.45) is 0 Å². The first-order valence-corrected chi connectivity index (χ1v) is 7.42. The van der Waals surface area contributed by atoms with Gasteiger partial charge in [-0.2, -0.15) is 0 Å². The van der Waals surface area contributed by atoms with Gasteiger partial charge in [0.25, 0.3) is 6.43 Å². The van der Waals surface area contributed by atoms with E-state index in [0.29, 0.717) is 12.6 Å². The smallest absolute Gasteiger partial charge is 0.263 e. The topological polar surface area (TPSA) is 12.0 Å². The quantitative estimate of drug-likeness (QED) is 0.852. The number of aryl methyl sites for hydroxylation is 1. The van der Waals surface area contributed by atoms with Crippen LogP contribution in [-0.4, -0.2) is 0 Å². The molecule has 1 aliphatic carbocycles. The molecule has 2 aromatic carbocycles. The Morgan fingerprint density at radius 2 is 1.81 bits per heavy atom. The van der Waals surface area contributed by atoms with Crippen molar-refractivity contribution < 1.29 is 8.78 Å². The van der Waals surface area contributed by atoms with Gasteiger partial charge in [-0.25, -0.2) is 8.78 Å². The first kappa shape index (κ1) is 14.2. The van der Waals surface area contributed by atoms with Gasteiger partial charge in [0.2, 0.25) is 0 Å². The maximum absolute atomic E-state index is 12.5. The molecule has 3 rings (SSSR count). The minimum absolute atomic E-state index is 0.0850. The van der Waals surface area contributed by atoms with Crippen LogP contribution in [0.4, 0.5) is 8.78 Å². The van der Waals surface area contributed by atoms with E-state index in [1.54, 1.807) is 12.1 Å². The average Bonchev–Trinajstić information content (AvgIpc) is 2.53. The molecule has 0 heterocycles. The standard InChI is InChI=1S/C18H19F2N/c19-18(20)15-10-8-13(9-11-15)12-21-17-7-3-5-14-4-1-2-6-16(14)17/h1-2,4,6,8-11,17-18,21H,3,5,7,12H2. The van der Waals surface area contributed by atoms with E-state index in [0.717, 1.165) is 18.4 Å². The van der Waals surface area contributed by atoms with Gasteiger partial charge in [0, 0.05) is 18.2 Å². The van der Waals surface area contributed by atoms with Gasteiger partial charge in [-0.15, -0.1) is 0 Å². The number of rotatable bonds is 4. The summed E-state index contributed by atoms with van der Waals surface area (Å²) in [6.07, 6.45) is 1.08. The van der Waals surface area contributed by atoms with E-state index in [2.05, 4.69) is 29.6 Å². The van der Waals surface area contributed by atoms with Crippen LogP contribution in [0.1, 0.15) is 47.6 Å². The molecule has 1 atom stereocenters. The molecule has 1 N–H and O–H groups in total. The molecule has 0 aromatic heterocycles. The molecule has 1 unspecified atom stereocenters. The van der Waals surface area contributed by atoms with Gasteiger partial charge >= 0.3 is 0 Å². The number of fused-ring (bicyclic) bond motifs is 1. The summed E-state index contributed by atoms with van der Waals surface area (Å²) in [5.41, 5.74) is 3.94. The van der Waals surface area contributed by atoms with Crippen LogP contribution in [0.5, 0.6) is 0 Å². The second kappa shape index (κ2) is 6.35. The average molecular weight is 287 g/mol. The van der Waals surface area contributed by atoms with Crippen LogP contribution in [0, 0.1) is 0 Å². The maximum atomic E-state index is 12.5. The summed E-state index contributed by atoms with van der Waals surface area (Å²) in [7, 11) is 0. The van der Waals surface area contributed by atoms with Crippen LogP contribution in [-0.2, 0) is 13.0 Å². The normalized spacial score (nSPS) is 17.8. The molecule has 0 radical (unpaired) electrons. The third kappa shape index (κ3) is 3.30. The molecule has 0 bridgehead atoms. The highest BCUT2D eigenvalue weighted by molar-refractivity contribution is 5.32. The van der Waals surface area contributed by atoms with E-state index in [4.69, 9.17) is 0 Å². The van der Waals surface area contributed by atoms with Crippen LogP contribution in [0.3, 0.4) is 0 Å². The summed E-state index contributed by atoms with van der Waals surface area (Å²) in [4.78, 5) is 0. The molecule has 0 saturated carbocycles. The van der Waals surface area contributed by atoms with Gasteiger partial charge in [-0.3, -0.25) is 0 Å². The molecule has 0 aliphatic heterocycles. The fourth-order valence-electron chi connectivity index (χ4n) is 2.99. The van der Waals surface area contributed by atoms with Crippen molar-refractivity contribution in [2.75, 3.05) is 0 Å². The van der Waals surface area contributed by atoms with E-state index in [-0.39, 0.29) is 5.56 Å². The lowest BCUT2D eigenvalue weighted by atomic mass is 9.87. The van der Waals surface area contributed by atoms with E-state index in [1.807, 2.05) is 0 Å². The molecule has 0 fully saturated rings. The maximum Gasteiger partial charge on any atom is 0.263 e. The van der Waals surface area contributed by atoms with E-state index >= 15 is 0 Å². The number of benzene rings is 2. The summed E-state index contributed by atoms with van der Waals surface area (Å²) in [5.74, 6) is 0. The Labute approximate surface area is 124 Å². The molecule has 2 aromatic rings. The zero-order chi connectivity index (χ0) is 14.7. The Kier molecular flexibility index (Phi) is 4.30. The number of hydrogen-bond acceptors (Lipinski definition) is 1. The Balaban J connectivity index is 1.66. The predicted octanol–water partition coefficient (Wildman–Crippen LogP) is 4.79. The van der Waals surface area contributed by atoms with Gasteiger partial charge in [0.1, 0.15) is 0 Å². The van der Waals surface area contributed by atoms with Crippen molar-refractivity contribution in [3.8, 4) is 0 Å². The lowest BCUT2D eigenvalue weighted by Crippen LogP contribution is -2.24. The highest BCUT2D eigenvalue weighted by Gasteiger charge is 2.18. The fraction of sp³-hybridized carbons (Fsp3) is 0.333. The van der Waals surface area contributed by atoms with Gasteiger partial charge in [-0.1, -0.05) is 48.5 Å². The summed E-state index contributed by atoms with van der Waals surface area (Å²) < 4.78 is 25.1. The van der Waals surface area contributed by atoms with Crippen molar-refractivity contribution in [3.05, 3.63) is 70.8 Å². The number of nitrogens with one attached hydrogen (secondary N) is 1. The van der Waals surface area contributed by atoms with Gasteiger partial charge in [0.15, 0.2) is 0 Å². The largest absolute Gasteiger partial charge is 0.306 e. The fourth-order valence-corrected chi connectivity index (χ4v) is 2.99. The van der Waals surface area contributed by atoms with Crippen molar-refractivity contribution in [3.63, 3.8) is 0 Å². The third-order valence-corrected chi connectivity index (χ3v) is 4.15. The summed E-state index contributed by atoms with van der Waals surface area (Å²) in [5, 5.41) is 3.56. The molecule has 0 spiro atoms. The zero-order valence-corrected chi connectivity index (χ0v) is 11.9. The SMILES string of the molecule is FC(F)c1ccc(CNC2CCCc3ccccc32)cc1. The minimum atomic E-state index is -2.39. The summed E-state index contributed by atoms with van der Waals surface area (Å²) in [6.45, 7) is 0.711. The predicted molar refractivity (Wildman–Crippen MR) is 80.4 cm³/mol. The van der Waals surface area contributed by atoms with Gasteiger partial charge in [0.05, 0.1) is 0 Å². The Morgan fingerprint density at radius 1 is 1.05 bits per heavy atom. The van der Waals surface area contributed by atoms with E-state index in [1.165, 1.54) is 29.7 Å².